The van der Waals surface area contributed by atoms with Gasteiger partial charge in [0.1, 0.15) is 0 Å². The van der Waals surface area contributed by atoms with E-state index in [-0.39, 0.29) is 43.4 Å². The van der Waals surface area contributed by atoms with Crippen LogP contribution in [-0.4, -0.2) is 101 Å². The Balaban J connectivity index is 1.47. The zero-order valence-electron chi connectivity index (χ0n) is 16.9. The molecule has 2 saturated heterocycles. The lowest BCUT2D eigenvalue weighted by molar-refractivity contribution is 0.0730. The van der Waals surface area contributed by atoms with Crippen molar-refractivity contribution in [2.45, 2.75) is 4.90 Å². The van der Waals surface area contributed by atoms with Crippen molar-refractivity contribution in [3.05, 3.63) is 29.8 Å². The molecule has 2 aliphatic rings. The Bertz CT molecular complexity index is 1020. The fraction of sp³-hybridized carbons (Fsp3) is 0.556. The van der Waals surface area contributed by atoms with Crippen LogP contribution in [0.1, 0.15) is 5.56 Å². The van der Waals surface area contributed by atoms with Crippen molar-refractivity contribution in [3.63, 3.8) is 0 Å². The standard InChI is InChI=1S/C18H25N5O6S2/c19-15-16-1-3-17(4-2-16)31(27,28)23-8-6-21(7-9-23)18(24)20-5-14-30(25,26)22-10-12-29-13-11-22/h1-4H,5-14H2,(H,20,24). The number of carbonyl (C=O) groups is 1. The largest absolute Gasteiger partial charge is 0.379 e. The quantitative estimate of drug-likeness (QED) is 0.575. The fourth-order valence-corrected chi connectivity index (χ4v) is 6.08. The molecule has 31 heavy (non-hydrogen) atoms. The lowest BCUT2D eigenvalue weighted by Crippen LogP contribution is -2.53. The number of piperazine rings is 1. The van der Waals surface area contributed by atoms with Gasteiger partial charge in [-0.25, -0.2) is 21.6 Å². The molecule has 170 valence electrons. The lowest BCUT2D eigenvalue weighted by Gasteiger charge is -2.34. The molecular weight excluding hydrogens is 446 g/mol. The van der Waals surface area contributed by atoms with Gasteiger partial charge in [0.15, 0.2) is 0 Å². The normalized spacial score (nSPS) is 19.0. The second kappa shape index (κ2) is 9.92. The van der Waals surface area contributed by atoms with E-state index < -0.39 is 26.1 Å². The highest BCUT2D eigenvalue weighted by atomic mass is 32.2. The second-order valence-corrected chi connectivity index (χ2v) is 11.1. The minimum Gasteiger partial charge on any atom is -0.379 e. The van der Waals surface area contributed by atoms with Gasteiger partial charge in [-0.15, -0.1) is 0 Å². The summed E-state index contributed by atoms with van der Waals surface area (Å²) in [5, 5.41) is 11.4. The smallest absolute Gasteiger partial charge is 0.317 e. The zero-order chi connectivity index (χ0) is 22.5. The molecule has 0 unspecified atom stereocenters. The molecular formula is C18H25N5O6S2. The number of urea groups is 1. The zero-order valence-corrected chi connectivity index (χ0v) is 18.6. The second-order valence-electron chi connectivity index (χ2n) is 7.09. The molecule has 0 aromatic heterocycles. The summed E-state index contributed by atoms with van der Waals surface area (Å²) in [5.74, 6) is -0.203. The highest BCUT2D eigenvalue weighted by Crippen LogP contribution is 2.18. The number of hydrogen-bond donors (Lipinski definition) is 1. The van der Waals surface area contributed by atoms with E-state index in [1.807, 2.05) is 6.07 Å². The molecule has 11 nitrogen and oxygen atoms in total. The Kier molecular flexibility index (Phi) is 7.50. The first-order chi connectivity index (χ1) is 14.7. The SMILES string of the molecule is N#Cc1ccc(S(=O)(=O)N2CCN(C(=O)NCCS(=O)(=O)N3CCOCC3)CC2)cc1. The molecule has 0 radical (unpaired) electrons. The number of nitrogens with zero attached hydrogens (tertiary/aromatic N) is 4. The van der Waals surface area contributed by atoms with Gasteiger partial charge < -0.3 is 15.0 Å². The Morgan fingerprint density at radius 2 is 1.58 bits per heavy atom. The Morgan fingerprint density at radius 1 is 0.968 bits per heavy atom. The minimum atomic E-state index is -3.71. The monoisotopic (exact) mass is 471 g/mol. The number of amides is 2. The van der Waals surface area contributed by atoms with Gasteiger partial charge >= 0.3 is 6.03 Å². The first-order valence-corrected chi connectivity index (χ1v) is 12.9. The summed E-state index contributed by atoms with van der Waals surface area (Å²) in [6, 6.07) is 7.19. The summed E-state index contributed by atoms with van der Waals surface area (Å²) in [4.78, 5) is 13.9. The molecule has 1 aromatic carbocycles. The van der Waals surface area contributed by atoms with Crippen LogP contribution in [0.25, 0.3) is 0 Å². The number of sulfonamides is 2. The van der Waals surface area contributed by atoms with E-state index in [2.05, 4.69) is 5.32 Å². The predicted octanol–water partition coefficient (Wildman–Crippen LogP) is -0.764. The summed E-state index contributed by atoms with van der Waals surface area (Å²) in [6.45, 7) is 1.96. The van der Waals surface area contributed by atoms with Crippen molar-refractivity contribution >= 4 is 26.1 Å². The Hall–Kier alpha value is -2.24. The van der Waals surface area contributed by atoms with E-state index in [1.165, 1.54) is 37.8 Å². The maximum Gasteiger partial charge on any atom is 0.317 e. The molecule has 2 heterocycles. The molecule has 0 bridgehead atoms. The van der Waals surface area contributed by atoms with Crippen LogP contribution in [0.3, 0.4) is 0 Å². The molecule has 2 aliphatic heterocycles. The third-order valence-corrected chi connectivity index (χ3v) is 8.93. The lowest BCUT2D eigenvalue weighted by atomic mass is 10.2. The van der Waals surface area contributed by atoms with Crippen LogP contribution in [0, 0.1) is 11.3 Å². The topological polar surface area (TPSA) is 140 Å². The predicted molar refractivity (Wildman–Crippen MR) is 111 cm³/mol. The van der Waals surface area contributed by atoms with Gasteiger partial charge in [0.05, 0.1) is 35.5 Å². The average molecular weight is 472 g/mol. The van der Waals surface area contributed by atoms with Crippen molar-refractivity contribution in [2.24, 2.45) is 0 Å². The number of nitrogens with one attached hydrogen (secondary N) is 1. The van der Waals surface area contributed by atoms with Gasteiger partial charge in [-0.2, -0.15) is 13.9 Å². The fourth-order valence-electron chi connectivity index (χ4n) is 3.33. The highest BCUT2D eigenvalue weighted by Gasteiger charge is 2.30. The van der Waals surface area contributed by atoms with Crippen LogP contribution in [0.2, 0.25) is 0 Å². The molecule has 0 spiro atoms. The first-order valence-electron chi connectivity index (χ1n) is 9.83. The van der Waals surface area contributed by atoms with E-state index in [0.717, 1.165) is 0 Å². The van der Waals surface area contributed by atoms with Crippen LogP contribution in [-0.2, 0) is 24.8 Å². The number of benzene rings is 1. The van der Waals surface area contributed by atoms with E-state index >= 15 is 0 Å². The summed E-state index contributed by atoms with van der Waals surface area (Å²) >= 11 is 0. The number of nitriles is 1. The Morgan fingerprint density at radius 3 is 2.16 bits per heavy atom. The summed E-state index contributed by atoms with van der Waals surface area (Å²) in [6.07, 6.45) is 0. The minimum absolute atomic E-state index is 0.0255. The van der Waals surface area contributed by atoms with Crippen LogP contribution in [0.15, 0.2) is 29.2 Å². The van der Waals surface area contributed by atoms with E-state index in [0.29, 0.717) is 31.9 Å². The van der Waals surface area contributed by atoms with E-state index in [4.69, 9.17) is 10.00 Å². The van der Waals surface area contributed by atoms with Gasteiger partial charge in [-0.1, -0.05) is 0 Å². The van der Waals surface area contributed by atoms with Gasteiger partial charge in [0.2, 0.25) is 20.0 Å². The highest BCUT2D eigenvalue weighted by molar-refractivity contribution is 7.89. The summed E-state index contributed by atoms with van der Waals surface area (Å²) < 4.78 is 57.8. The molecule has 1 aromatic rings. The molecule has 0 aliphatic carbocycles. The molecule has 0 atom stereocenters. The van der Waals surface area contributed by atoms with Crippen molar-refractivity contribution in [1.29, 1.82) is 5.26 Å². The first kappa shape index (κ1) is 23.4. The van der Waals surface area contributed by atoms with Crippen LogP contribution in [0.5, 0.6) is 0 Å². The third-order valence-electron chi connectivity index (χ3n) is 5.15. The van der Waals surface area contributed by atoms with Crippen LogP contribution >= 0.6 is 0 Å². The molecule has 2 fully saturated rings. The summed E-state index contributed by atoms with van der Waals surface area (Å²) in [5.41, 5.74) is 0.371. The maximum atomic E-state index is 12.7. The summed E-state index contributed by atoms with van der Waals surface area (Å²) in [7, 11) is -7.18. The van der Waals surface area contributed by atoms with Crippen molar-refractivity contribution in [2.75, 3.05) is 64.8 Å². The van der Waals surface area contributed by atoms with Gasteiger partial charge in [-0.3, -0.25) is 0 Å². The molecule has 0 saturated carbocycles. The van der Waals surface area contributed by atoms with Gasteiger partial charge in [-0.05, 0) is 24.3 Å². The van der Waals surface area contributed by atoms with Gasteiger partial charge in [0, 0.05) is 45.8 Å². The molecule has 1 N–H and O–H groups in total. The molecule has 3 rings (SSSR count). The van der Waals surface area contributed by atoms with Crippen molar-refractivity contribution in [3.8, 4) is 6.07 Å². The van der Waals surface area contributed by atoms with Crippen molar-refractivity contribution in [1.82, 2.24) is 18.8 Å². The molecule has 2 amide bonds. The third kappa shape index (κ3) is 5.72. The number of ether oxygens (including phenoxy) is 1. The van der Waals surface area contributed by atoms with E-state index in [1.54, 1.807) is 0 Å². The van der Waals surface area contributed by atoms with Crippen LogP contribution < -0.4 is 5.32 Å². The number of morpholine rings is 1. The molecule has 13 heteroatoms. The average Bonchev–Trinajstić information content (AvgIpc) is 2.79. The number of rotatable bonds is 6. The Labute approximate surface area is 182 Å². The van der Waals surface area contributed by atoms with Gasteiger partial charge in [0.25, 0.3) is 0 Å². The van der Waals surface area contributed by atoms with Crippen LogP contribution in [0.4, 0.5) is 4.79 Å². The van der Waals surface area contributed by atoms with Crippen molar-refractivity contribution < 1.29 is 26.4 Å². The number of hydrogen-bond acceptors (Lipinski definition) is 7. The maximum absolute atomic E-state index is 12.7. The number of carbonyl (C=O) groups excluding carboxylic acids is 1. The van der Waals surface area contributed by atoms with E-state index in [9.17, 15) is 21.6 Å².